The first kappa shape index (κ1) is 21.6. The molecule has 1 amide bonds. The Labute approximate surface area is 183 Å². The van der Waals surface area contributed by atoms with Crippen molar-refractivity contribution in [2.45, 2.75) is 49.5 Å². The number of aryl methyl sites for hydroxylation is 2. The van der Waals surface area contributed by atoms with Gasteiger partial charge in [0.05, 0.1) is 24.5 Å². The van der Waals surface area contributed by atoms with Crippen LogP contribution in [0.1, 0.15) is 47.2 Å². The average molecular weight is 445 g/mol. The number of anilines is 1. The minimum atomic E-state index is -3.96. The number of nitrogens with one attached hydrogen (secondary N) is 2. The van der Waals surface area contributed by atoms with Crippen molar-refractivity contribution in [3.8, 4) is 5.75 Å². The summed E-state index contributed by atoms with van der Waals surface area (Å²) in [6.07, 6.45) is 5.81. The fourth-order valence-electron chi connectivity index (χ4n) is 4.19. The molecule has 1 fully saturated rings. The van der Waals surface area contributed by atoms with Crippen LogP contribution < -0.4 is 14.8 Å². The SMILES string of the molecule is COc1cc2c(cc1S(=O)(=O)Nc1ccccc1C(=O)NC[C@@H]1CCCO1)CCCC2. The van der Waals surface area contributed by atoms with Gasteiger partial charge in [0.2, 0.25) is 0 Å². The lowest BCUT2D eigenvalue weighted by Gasteiger charge is -2.20. The van der Waals surface area contributed by atoms with Crippen LogP contribution in [0.5, 0.6) is 5.75 Å². The van der Waals surface area contributed by atoms with E-state index in [9.17, 15) is 13.2 Å². The number of hydrogen-bond donors (Lipinski definition) is 2. The highest BCUT2D eigenvalue weighted by Gasteiger charge is 2.25. The van der Waals surface area contributed by atoms with Gasteiger partial charge in [-0.1, -0.05) is 12.1 Å². The molecular formula is C23H28N2O5S. The monoisotopic (exact) mass is 444 g/mol. The Hall–Kier alpha value is -2.58. The van der Waals surface area contributed by atoms with Crippen molar-refractivity contribution in [2.75, 3.05) is 25.0 Å². The van der Waals surface area contributed by atoms with Crippen LogP contribution in [0.25, 0.3) is 0 Å². The normalized spacial score (nSPS) is 18.3. The molecule has 1 aliphatic heterocycles. The number of fused-ring (bicyclic) bond motifs is 1. The Balaban J connectivity index is 1.58. The second-order valence-corrected chi connectivity index (χ2v) is 9.63. The van der Waals surface area contributed by atoms with Crippen LogP contribution in [-0.2, 0) is 27.6 Å². The molecule has 1 heterocycles. The number of rotatable bonds is 7. The van der Waals surface area contributed by atoms with Gasteiger partial charge in [-0.2, -0.15) is 0 Å². The molecular weight excluding hydrogens is 416 g/mol. The molecule has 1 aliphatic carbocycles. The number of benzene rings is 2. The molecule has 0 unspecified atom stereocenters. The van der Waals surface area contributed by atoms with E-state index in [2.05, 4.69) is 10.0 Å². The highest BCUT2D eigenvalue weighted by atomic mass is 32.2. The predicted molar refractivity (Wildman–Crippen MR) is 118 cm³/mol. The van der Waals surface area contributed by atoms with Crippen LogP contribution in [0, 0.1) is 0 Å². The Morgan fingerprint density at radius 1 is 1.13 bits per heavy atom. The summed E-state index contributed by atoms with van der Waals surface area (Å²) in [5, 5.41) is 2.85. The summed E-state index contributed by atoms with van der Waals surface area (Å²) in [6, 6.07) is 10.1. The predicted octanol–water partition coefficient (Wildman–Crippen LogP) is 3.28. The van der Waals surface area contributed by atoms with Crippen LogP contribution in [-0.4, -0.2) is 40.7 Å². The van der Waals surface area contributed by atoms with E-state index < -0.39 is 10.0 Å². The van der Waals surface area contributed by atoms with E-state index in [0.29, 0.717) is 18.9 Å². The van der Waals surface area contributed by atoms with Crippen LogP contribution >= 0.6 is 0 Å². The summed E-state index contributed by atoms with van der Waals surface area (Å²) in [5.41, 5.74) is 2.67. The van der Waals surface area contributed by atoms with E-state index in [1.807, 2.05) is 6.07 Å². The smallest absolute Gasteiger partial charge is 0.265 e. The van der Waals surface area contributed by atoms with Gasteiger partial charge < -0.3 is 14.8 Å². The zero-order valence-electron chi connectivity index (χ0n) is 17.6. The number of carbonyl (C=O) groups excluding carboxylic acids is 1. The maximum Gasteiger partial charge on any atom is 0.265 e. The maximum atomic E-state index is 13.3. The molecule has 31 heavy (non-hydrogen) atoms. The standard InChI is InChI=1S/C23H28N2O5S/c1-29-21-13-16-7-2-3-8-17(16)14-22(21)31(27,28)25-20-11-5-4-10-19(20)23(26)24-15-18-9-6-12-30-18/h4-5,10-11,13-14,18,25H,2-3,6-9,12,15H2,1H3,(H,24,26)/t18-/m0/s1. The number of amides is 1. The van der Waals surface area contributed by atoms with Crippen molar-refractivity contribution in [1.29, 1.82) is 0 Å². The third-order valence-corrected chi connectivity index (χ3v) is 7.23. The fourth-order valence-corrected chi connectivity index (χ4v) is 5.47. The minimum Gasteiger partial charge on any atom is -0.495 e. The Kier molecular flexibility index (Phi) is 6.48. The number of carbonyl (C=O) groups is 1. The maximum absolute atomic E-state index is 13.3. The van der Waals surface area contributed by atoms with Crippen molar-refractivity contribution in [1.82, 2.24) is 5.32 Å². The van der Waals surface area contributed by atoms with E-state index in [0.717, 1.165) is 49.7 Å². The number of para-hydroxylation sites is 1. The van der Waals surface area contributed by atoms with Gasteiger partial charge in [-0.3, -0.25) is 9.52 Å². The molecule has 0 radical (unpaired) electrons. The van der Waals surface area contributed by atoms with Gasteiger partial charge in [0.25, 0.3) is 15.9 Å². The Bertz CT molecular complexity index is 1060. The molecule has 2 aliphatic rings. The highest BCUT2D eigenvalue weighted by Crippen LogP contribution is 2.33. The van der Waals surface area contributed by atoms with Gasteiger partial charge in [-0.25, -0.2) is 8.42 Å². The summed E-state index contributed by atoms with van der Waals surface area (Å²) >= 11 is 0. The Morgan fingerprint density at radius 2 is 1.87 bits per heavy atom. The van der Waals surface area contributed by atoms with Gasteiger partial charge in [0, 0.05) is 13.2 Å². The van der Waals surface area contributed by atoms with Crippen molar-refractivity contribution in [3.05, 3.63) is 53.1 Å². The van der Waals surface area contributed by atoms with Gasteiger partial charge in [0.1, 0.15) is 10.6 Å². The van der Waals surface area contributed by atoms with Crippen molar-refractivity contribution in [3.63, 3.8) is 0 Å². The highest BCUT2D eigenvalue weighted by molar-refractivity contribution is 7.92. The van der Waals surface area contributed by atoms with Gasteiger partial charge >= 0.3 is 0 Å². The summed E-state index contributed by atoms with van der Waals surface area (Å²) in [7, 11) is -2.49. The molecule has 1 atom stereocenters. The lowest BCUT2D eigenvalue weighted by Crippen LogP contribution is -2.32. The number of ether oxygens (including phenoxy) is 2. The third kappa shape index (κ3) is 4.85. The van der Waals surface area contributed by atoms with E-state index in [1.165, 1.54) is 7.11 Å². The quantitative estimate of drug-likeness (QED) is 0.684. The molecule has 4 rings (SSSR count). The first-order valence-corrected chi connectivity index (χ1v) is 12.2. The zero-order valence-corrected chi connectivity index (χ0v) is 18.5. The molecule has 166 valence electrons. The van der Waals surface area contributed by atoms with Gasteiger partial charge in [0.15, 0.2) is 0 Å². The van der Waals surface area contributed by atoms with Crippen LogP contribution in [0.4, 0.5) is 5.69 Å². The lowest BCUT2D eigenvalue weighted by molar-refractivity contribution is 0.0858. The summed E-state index contributed by atoms with van der Waals surface area (Å²) in [5.74, 6) is -0.0281. The molecule has 8 heteroatoms. The van der Waals surface area contributed by atoms with E-state index in [1.54, 1.807) is 30.3 Å². The fraction of sp³-hybridized carbons (Fsp3) is 0.435. The number of methoxy groups -OCH3 is 1. The summed E-state index contributed by atoms with van der Waals surface area (Å²) in [4.78, 5) is 12.8. The second kappa shape index (κ2) is 9.28. The van der Waals surface area contributed by atoms with E-state index >= 15 is 0 Å². The van der Waals surface area contributed by atoms with Gasteiger partial charge in [-0.15, -0.1) is 0 Å². The lowest BCUT2D eigenvalue weighted by atomic mass is 9.92. The molecule has 2 aromatic carbocycles. The van der Waals surface area contributed by atoms with Crippen LogP contribution in [0.2, 0.25) is 0 Å². The zero-order chi connectivity index (χ0) is 21.8. The molecule has 0 spiro atoms. The average Bonchev–Trinajstić information content (AvgIpc) is 3.30. The molecule has 0 saturated carbocycles. The Morgan fingerprint density at radius 3 is 2.58 bits per heavy atom. The van der Waals surface area contributed by atoms with Crippen molar-refractivity contribution >= 4 is 21.6 Å². The molecule has 0 bridgehead atoms. The molecule has 2 N–H and O–H groups in total. The second-order valence-electron chi connectivity index (χ2n) is 7.98. The van der Waals surface area contributed by atoms with Crippen LogP contribution in [0.3, 0.4) is 0 Å². The molecule has 2 aromatic rings. The van der Waals surface area contributed by atoms with Crippen LogP contribution in [0.15, 0.2) is 41.3 Å². The first-order valence-electron chi connectivity index (χ1n) is 10.7. The topological polar surface area (TPSA) is 93.7 Å². The third-order valence-electron chi connectivity index (χ3n) is 5.85. The van der Waals surface area contributed by atoms with Crippen molar-refractivity contribution < 1.29 is 22.7 Å². The van der Waals surface area contributed by atoms with Crippen molar-refractivity contribution in [2.24, 2.45) is 0 Å². The van der Waals surface area contributed by atoms with Gasteiger partial charge in [-0.05, 0) is 73.9 Å². The summed E-state index contributed by atoms with van der Waals surface area (Å²) in [6.45, 7) is 1.11. The van der Waals surface area contributed by atoms with E-state index in [-0.39, 0.29) is 28.2 Å². The number of sulfonamides is 1. The molecule has 7 nitrogen and oxygen atoms in total. The molecule has 0 aromatic heterocycles. The summed E-state index contributed by atoms with van der Waals surface area (Å²) < 4.78 is 40.1. The largest absolute Gasteiger partial charge is 0.495 e. The number of hydrogen-bond acceptors (Lipinski definition) is 5. The first-order chi connectivity index (χ1) is 15.0. The minimum absolute atomic E-state index is 0.00700. The van der Waals surface area contributed by atoms with E-state index in [4.69, 9.17) is 9.47 Å². The molecule has 1 saturated heterocycles.